The Bertz CT molecular complexity index is 446. The highest BCUT2D eigenvalue weighted by Gasteiger charge is 2.06. The molecule has 1 aromatic rings. The second kappa shape index (κ2) is 3.36. The van der Waals surface area contributed by atoms with Crippen LogP contribution in [-0.4, -0.2) is 23.9 Å². The third-order valence-electron chi connectivity index (χ3n) is 0.893. The molecule has 0 radical (unpaired) electrons. The van der Waals surface area contributed by atoms with Crippen LogP contribution in [0.25, 0.3) is 0 Å². The van der Waals surface area contributed by atoms with E-state index in [1.54, 1.807) is 0 Å². The van der Waals surface area contributed by atoms with Crippen LogP contribution in [0.15, 0.2) is 10.8 Å². The third-order valence-corrected chi connectivity index (χ3v) is 2.13. The maximum Gasteiger partial charge on any atom is 0.148 e. The zero-order valence-corrected chi connectivity index (χ0v) is 7.44. The van der Waals surface area contributed by atoms with Gasteiger partial charge < -0.3 is 4.90 Å². The summed E-state index contributed by atoms with van der Waals surface area (Å²) in [5.74, 6) is -0.472. The van der Waals surface area contributed by atoms with Crippen LogP contribution in [0.1, 0.15) is 9.60 Å². The van der Waals surface area contributed by atoms with Crippen LogP contribution >= 0.6 is 27.5 Å². The van der Waals surface area contributed by atoms with E-state index in [2.05, 4.69) is 25.9 Å². The molecule has 0 aliphatic heterocycles. The van der Waals surface area contributed by atoms with Crippen molar-refractivity contribution in [2.45, 2.75) is 0 Å². The Morgan fingerprint density at radius 1 is 1.73 bits per heavy atom. The van der Waals surface area contributed by atoms with E-state index in [4.69, 9.17) is 21.2 Å². The van der Waals surface area contributed by atoms with E-state index in [-0.39, 0.29) is 14.5 Å². The fourth-order valence-corrected chi connectivity index (χ4v) is 0.932. The largest absolute Gasteiger partial charge is 0.362 e. The van der Waals surface area contributed by atoms with Crippen LogP contribution in [0.3, 0.4) is 0 Å². The minimum absolute atomic E-state index is 0.0904. The molecular formula is C6H7BrClN3. The Kier molecular flexibility index (Phi) is 0.974. The Morgan fingerprint density at radius 2 is 2.45 bits per heavy atom. The average Bonchev–Trinajstić information content (AvgIpc) is 2.08. The quantitative estimate of drug-likeness (QED) is 0.706. The lowest BCUT2D eigenvalue weighted by Crippen LogP contribution is -2.11. The average molecular weight is 244 g/mol. The first-order chi connectivity index (χ1) is 7.94. The molecule has 3 nitrogen and oxygen atoms in total. The normalized spacial score (nSPS) is 21.5. The molecule has 0 spiro atoms. The lowest BCUT2D eigenvalue weighted by molar-refractivity contribution is 1.03. The topological polar surface area (TPSA) is 29.0 Å². The standard InChI is InChI=1S/C6H7BrClN3/c1-11(2)6-4(7)5(8)9-3-10-6/h3H,1-2H3/i1D3,2D3,3D. The van der Waals surface area contributed by atoms with Crippen molar-refractivity contribution in [1.29, 1.82) is 0 Å². The molecule has 0 amide bonds. The summed E-state index contributed by atoms with van der Waals surface area (Å²) >= 11 is 8.57. The number of halogens is 2. The maximum atomic E-state index is 7.25. The Balaban J connectivity index is 3.49. The smallest absolute Gasteiger partial charge is 0.148 e. The van der Waals surface area contributed by atoms with Gasteiger partial charge in [0.05, 0.1) is 4.47 Å². The minimum atomic E-state index is -2.96. The second-order valence-corrected chi connectivity index (χ2v) is 2.74. The van der Waals surface area contributed by atoms with E-state index in [0.717, 1.165) is 0 Å². The molecule has 0 atom stereocenters. The van der Waals surface area contributed by atoms with Crippen molar-refractivity contribution >= 4 is 33.3 Å². The van der Waals surface area contributed by atoms with Gasteiger partial charge in [0, 0.05) is 22.2 Å². The van der Waals surface area contributed by atoms with Gasteiger partial charge in [-0.15, -0.1) is 0 Å². The van der Waals surface area contributed by atoms with E-state index in [0.29, 0.717) is 0 Å². The molecule has 1 heterocycles. The van der Waals surface area contributed by atoms with Crippen LogP contribution in [0.2, 0.25) is 5.15 Å². The number of anilines is 1. The molecule has 60 valence electrons. The molecule has 0 aliphatic carbocycles. The summed E-state index contributed by atoms with van der Waals surface area (Å²) in [4.78, 5) is 7.09. The first-order valence-corrected chi connectivity index (χ1v) is 3.61. The van der Waals surface area contributed by atoms with Gasteiger partial charge in [0.1, 0.15) is 18.6 Å². The SMILES string of the molecule is [2H]c1nc(Cl)c(Br)c(N(C([2H])([2H])[2H])C([2H])([2H])[2H])n1. The van der Waals surface area contributed by atoms with Gasteiger partial charge in [-0.25, -0.2) is 9.97 Å². The fourth-order valence-electron chi connectivity index (χ4n) is 0.455. The first-order valence-electron chi connectivity index (χ1n) is 5.94. The molecule has 0 bridgehead atoms. The molecule has 1 rings (SSSR count). The Labute approximate surface area is 88.4 Å². The molecule has 0 aromatic carbocycles. The summed E-state index contributed by atoms with van der Waals surface area (Å²) in [7, 11) is 0. The summed E-state index contributed by atoms with van der Waals surface area (Å²) in [5, 5.41) is -0.233. The predicted molar refractivity (Wildman–Crippen MR) is 49.1 cm³/mol. The summed E-state index contributed by atoms with van der Waals surface area (Å²) in [5.41, 5.74) is 0. The molecule has 0 aliphatic rings. The molecule has 11 heavy (non-hydrogen) atoms. The Morgan fingerprint density at radius 3 is 3.09 bits per heavy atom. The lowest BCUT2D eigenvalue weighted by atomic mass is 10.5. The van der Waals surface area contributed by atoms with Gasteiger partial charge in [0.25, 0.3) is 0 Å². The molecule has 5 heteroatoms. The van der Waals surface area contributed by atoms with Crippen LogP contribution in [-0.2, 0) is 0 Å². The van der Waals surface area contributed by atoms with Gasteiger partial charge in [-0.3, -0.25) is 0 Å². The first kappa shape index (κ1) is 3.18. The third kappa shape index (κ3) is 1.81. The van der Waals surface area contributed by atoms with Crippen molar-refractivity contribution in [3.05, 3.63) is 15.9 Å². The minimum Gasteiger partial charge on any atom is -0.362 e. The van der Waals surface area contributed by atoms with Gasteiger partial charge in [-0.2, -0.15) is 0 Å². The summed E-state index contributed by atoms with van der Waals surface area (Å²) in [6.07, 6.45) is -0.572. The highest BCUT2D eigenvalue weighted by Crippen LogP contribution is 2.27. The highest BCUT2D eigenvalue weighted by atomic mass is 79.9. The second-order valence-electron chi connectivity index (χ2n) is 1.59. The van der Waals surface area contributed by atoms with E-state index in [1.165, 1.54) is 0 Å². The van der Waals surface area contributed by atoms with Crippen molar-refractivity contribution in [2.24, 2.45) is 0 Å². The van der Waals surface area contributed by atoms with Crippen molar-refractivity contribution in [3.8, 4) is 0 Å². The zero-order valence-electron chi connectivity index (χ0n) is 12.1. The maximum absolute atomic E-state index is 7.25. The van der Waals surface area contributed by atoms with Crippen molar-refractivity contribution < 1.29 is 9.60 Å². The lowest BCUT2D eigenvalue weighted by Gasteiger charge is -2.12. The molecular weight excluding hydrogens is 229 g/mol. The van der Waals surface area contributed by atoms with E-state index >= 15 is 0 Å². The number of hydrogen-bond acceptors (Lipinski definition) is 3. The molecule has 0 saturated carbocycles. The molecule has 0 N–H and O–H groups in total. The van der Waals surface area contributed by atoms with Gasteiger partial charge in [0.2, 0.25) is 0 Å². The van der Waals surface area contributed by atoms with Gasteiger partial charge in [-0.05, 0) is 15.9 Å². The molecule has 0 fully saturated rings. The van der Waals surface area contributed by atoms with E-state index in [1.807, 2.05) is 0 Å². The van der Waals surface area contributed by atoms with E-state index in [9.17, 15) is 0 Å². The van der Waals surface area contributed by atoms with Gasteiger partial charge >= 0.3 is 0 Å². The van der Waals surface area contributed by atoms with Crippen LogP contribution in [0.4, 0.5) is 5.82 Å². The molecule has 0 unspecified atom stereocenters. The number of nitrogens with zero attached hydrogens (tertiary/aromatic N) is 3. The zero-order chi connectivity index (χ0) is 14.3. The van der Waals surface area contributed by atoms with Crippen LogP contribution in [0.5, 0.6) is 0 Å². The monoisotopic (exact) mass is 242 g/mol. The van der Waals surface area contributed by atoms with Crippen molar-refractivity contribution in [2.75, 3.05) is 18.9 Å². The highest BCUT2D eigenvalue weighted by molar-refractivity contribution is 9.10. The molecule has 0 saturated heterocycles. The number of hydrogen-bond donors (Lipinski definition) is 0. The number of rotatable bonds is 1. The Hall–Kier alpha value is -0.350. The van der Waals surface area contributed by atoms with Crippen molar-refractivity contribution in [1.82, 2.24) is 9.97 Å². The van der Waals surface area contributed by atoms with Crippen LogP contribution < -0.4 is 4.90 Å². The molecule has 1 aromatic heterocycles. The van der Waals surface area contributed by atoms with Crippen LogP contribution in [0, 0.1) is 0 Å². The fraction of sp³-hybridized carbons (Fsp3) is 0.333. The predicted octanol–water partition coefficient (Wildman–Crippen LogP) is 1.96. The van der Waals surface area contributed by atoms with Crippen molar-refractivity contribution in [3.63, 3.8) is 0 Å². The summed E-state index contributed by atoms with van der Waals surface area (Å²) < 4.78 is 50.6. The summed E-state index contributed by atoms with van der Waals surface area (Å²) in [6, 6.07) is 0. The van der Waals surface area contributed by atoms with Gasteiger partial charge in [-0.1, -0.05) is 11.6 Å². The van der Waals surface area contributed by atoms with Gasteiger partial charge in [0.15, 0.2) is 0 Å². The summed E-state index contributed by atoms with van der Waals surface area (Å²) in [6.45, 7) is -5.92. The van der Waals surface area contributed by atoms with E-state index < -0.39 is 26.1 Å². The number of aromatic nitrogens is 2.